The first-order valence-electron chi connectivity index (χ1n) is 10.0. The maximum Gasteiger partial charge on any atom is 0.264 e. The lowest BCUT2D eigenvalue weighted by molar-refractivity contribution is -0.129. The van der Waals surface area contributed by atoms with Crippen molar-refractivity contribution in [3.8, 4) is 5.75 Å². The lowest BCUT2D eigenvalue weighted by Crippen LogP contribution is -2.33. The van der Waals surface area contributed by atoms with E-state index in [1.807, 2.05) is 12.1 Å². The van der Waals surface area contributed by atoms with Crippen molar-refractivity contribution >= 4 is 39.5 Å². The lowest BCUT2D eigenvalue weighted by Gasteiger charge is -2.15. The van der Waals surface area contributed by atoms with Crippen LogP contribution in [0.5, 0.6) is 5.75 Å². The highest BCUT2D eigenvalue weighted by Crippen LogP contribution is 2.17. The Morgan fingerprint density at radius 2 is 1.76 bits per heavy atom. The number of carbonyl (C=O) groups is 2. The van der Waals surface area contributed by atoms with Gasteiger partial charge in [0.05, 0.1) is 18.6 Å². The number of nitrogens with one attached hydrogen (secondary N) is 2. The fourth-order valence-corrected chi connectivity index (χ4v) is 3.74. The monoisotopic (exact) mass is 481 g/mol. The highest BCUT2D eigenvalue weighted by molar-refractivity contribution is 7.92. The molecule has 2 amide bonds. The molecule has 3 aromatic rings. The number of methoxy groups -OCH3 is 1. The average molecular weight is 482 g/mol. The number of amides is 2. The summed E-state index contributed by atoms with van der Waals surface area (Å²) in [6.07, 6.45) is 5.83. The number of benzene rings is 2. The Morgan fingerprint density at radius 1 is 1.06 bits per heavy atom. The molecule has 0 bridgehead atoms. The minimum Gasteiger partial charge on any atom is -0.497 e. The Hall–Kier alpha value is -4.25. The van der Waals surface area contributed by atoms with Crippen LogP contribution in [-0.4, -0.2) is 55.8 Å². The maximum absolute atomic E-state index is 12.4. The van der Waals surface area contributed by atoms with Gasteiger partial charge in [0.25, 0.3) is 10.0 Å². The van der Waals surface area contributed by atoms with Gasteiger partial charge in [-0.3, -0.25) is 9.59 Å². The maximum atomic E-state index is 12.4. The smallest absolute Gasteiger partial charge is 0.264 e. The topological polar surface area (TPSA) is 131 Å². The van der Waals surface area contributed by atoms with Crippen molar-refractivity contribution in [2.24, 2.45) is 0 Å². The van der Waals surface area contributed by atoms with Crippen LogP contribution in [0.4, 0.5) is 11.6 Å². The second kappa shape index (κ2) is 11.1. The van der Waals surface area contributed by atoms with Gasteiger partial charge in [-0.25, -0.2) is 23.1 Å². The van der Waals surface area contributed by atoms with Crippen LogP contribution in [0.2, 0.25) is 0 Å². The zero-order chi connectivity index (χ0) is 24.6. The molecule has 176 valence electrons. The number of rotatable bonds is 9. The van der Waals surface area contributed by atoms with Gasteiger partial charge in [-0.15, -0.1) is 0 Å². The summed E-state index contributed by atoms with van der Waals surface area (Å²) in [4.78, 5) is 33.5. The highest BCUT2D eigenvalue weighted by Gasteiger charge is 2.16. The number of ether oxygens (including phenoxy) is 1. The van der Waals surface area contributed by atoms with Crippen LogP contribution in [0.1, 0.15) is 5.56 Å². The second-order valence-corrected chi connectivity index (χ2v) is 8.74. The van der Waals surface area contributed by atoms with Crippen molar-refractivity contribution in [3.63, 3.8) is 0 Å². The summed E-state index contributed by atoms with van der Waals surface area (Å²) in [6, 6.07) is 14.4. The van der Waals surface area contributed by atoms with Crippen molar-refractivity contribution in [3.05, 3.63) is 78.6 Å². The third-order valence-corrected chi connectivity index (χ3v) is 5.85. The van der Waals surface area contributed by atoms with Crippen LogP contribution in [0.3, 0.4) is 0 Å². The molecular formula is C23H23N5O5S. The van der Waals surface area contributed by atoms with Crippen LogP contribution in [-0.2, 0) is 19.6 Å². The molecule has 0 aliphatic heterocycles. The zero-order valence-corrected chi connectivity index (χ0v) is 19.3. The number of likely N-dealkylation sites (N-methyl/N-ethyl adjacent to an activating group) is 1. The van der Waals surface area contributed by atoms with Gasteiger partial charge in [0, 0.05) is 31.2 Å². The van der Waals surface area contributed by atoms with Gasteiger partial charge in [0.15, 0.2) is 0 Å². The Bertz CT molecular complexity index is 1280. The molecule has 0 spiro atoms. The largest absolute Gasteiger partial charge is 0.497 e. The first kappa shape index (κ1) is 24.4. The van der Waals surface area contributed by atoms with Gasteiger partial charge in [0.2, 0.25) is 17.8 Å². The molecule has 2 N–H and O–H groups in total. The van der Waals surface area contributed by atoms with E-state index in [-0.39, 0.29) is 23.3 Å². The molecule has 3 rings (SSSR count). The van der Waals surface area contributed by atoms with E-state index in [1.54, 1.807) is 31.4 Å². The van der Waals surface area contributed by atoms with Crippen molar-refractivity contribution in [1.29, 1.82) is 0 Å². The minimum atomic E-state index is -3.88. The lowest BCUT2D eigenvalue weighted by atomic mass is 10.2. The van der Waals surface area contributed by atoms with E-state index in [0.29, 0.717) is 11.4 Å². The summed E-state index contributed by atoms with van der Waals surface area (Å²) in [5, 5.41) is 2.63. The fourth-order valence-electron chi connectivity index (χ4n) is 2.78. The number of sulfonamides is 1. The van der Waals surface area contributed by atoms with E-state index in [0.717, 1.165) is 5.56 Å². The van der Waals surface area contributed by atoms with Crippen molar-refractivity contribution in [1.82, 2.24) is 14.9 Å². The third kappa shape index (κ3) is 6.87. The molecule has 10 nitrogen and oxygen atoms in total. The summed E-state index contributed by atoms with van der Waals surface area (Å²) in [5.74, 6) is -0.163. The van der Waals surface area contributed by atoms with Gasteiger partial charge in [-0.2, -0.15) is 0 Å². The van der Waals surface area contributed by atoms with Gasteiger partial charge in [-0.05, 0) is 54.1 Å². The molecule has 0 aliphatic rings. The Labute approximate surface area is 197 Å². The first-order chi connectivity index (χ1) is 16.3. The minimum absolute atomic E-state index is 0.0204. The summed E-state index contributed by atoms with van der Waals surface area (Å²) in [7, 11) is -0.815. The number of hydrogen-bond acceptors (Lipinski definition) is 7. The number of hydrogen-bond donors (Lipinski definition) is 2. The Kier molecular flexibility index (Phi) is 7.93. The third-order valence-electron chi connectivity index (χ3n) is 4.51. The van der Waals surface area contributed by atoms with Crippen LogP contribution in [0.25, 0.3) is 6.08 Å². The van der Waals surface area contributed by atoms with Crippen molar-refractivity contribution < 1.29 is 22.7 Å². The summed E-state index contributed by atoms with van der Waals surface area (Å²) in [6.45, 7) is -0.186. The molecule has 0 fully saturated rings. The molecule has 0 unspecified atom stereocenters. The van der Waals surface area contributed by atoms with E-state index in [2.05, 4.69) is 20.0 Å². The molecule has 0 aliphatic carbocycles. The quantitative estimate of drug-likeness (QED) is 0.449. The fraction of sp³-hybridized carbons (Fsp3) is 0.130. The van der Waals surface area contributed by atoms with Crippen LogP contribution in [0, 0.1) is 0 Å². The van der Waals surface area contributed by atoms with Crippen LogP contribution < -0.4 is 14.8 Å². The average Bonchev–Trinajstić information content (AvgIpc) is 2.83. The molecule has 1 aromatic heterocycles. The van der Waals surface area contributed by atoms with Gasteiger partial charge >= 0.3 is 0 Å². The van der Waals surface area contributed by atoms with Gasteiger partial charge < -0.3 is 15.0 Å². The highest BCUT2D eigenvalue weighted by atomic mass is 32.2. The number of nitrogens with zero attached hydrogens (tertiary/aromatic N) is 3. The summed E-state index contributed by atoms with van der Waals surface area (Å²) >= 11 is 0. The molecule has 1 heterocycles. The summed E-state index contributed by atoms with van der Waals surface area (Å²) in [5.41, 5.74) is 1.17. The standard InChI is InChI=1S/C23H23N5O5S/c1-28(22(30)12-7-17-5-3-6-19(15-17)33-2)16-21(29)26-18-8-10-20(11-9-18)34(31,32)27-23-24-13-4-14-25-23/h3-15H,16H2,1-2H3,(H,26,29)(H,24,25,27)/b12-7+. The molecule has 2 aromatic carbocycles. The predicted octanol–water partition coefficient (Wildman–Crippen LogP) is 2.40. The van der Waals surface area contributed by atoms with E-state index in [1.165, 1.54) is 54.7 Å². The molecule has 0 atom stereocenters. The molecule has 0 saturated carbocycles. The SMILES string of the molecule is COc1cccc(/C=C/C(=O)N(C)CC(=O)Nc2ccc(S(=O)(=O)Nc3ncccn3)cc2)c1. The second-order valence-electron chi connectivity index (χ2n) is 7.05. The zero-order valence-electron chi connectivity index (χ0n) is 18.5. The van der Waals surface area contributed by atoms with Crippen LogP contribution >= 0.6 is 0 Å². The number of aromatic nitrogens is 2. The van der Waals surface area contributed by atoms with Crippen molar-refractivity contribution in [2.45, 2.75) is 4.90 Å². The van der Waals surface area contributed by atoms with E-state index in [9.17, 15) is 18.0 Å². The number of anilines is 2. The normalized spacial score (nSPS) is 11.1. The van der Waals surface area contributed by atoms with Crippen LogP contribution in [0.15, 0.2) is 78.0 Å². The molecule has 11 heteroatoms. The van der Waals surface area contributed by atoms with Gasteiger partial charge in [-0.1, -0.05) is 12.1 Å². The van der Waals surface area contributed by atoms with E-state index in [4.69, 9.17) is 4.74 Å². The van der Waals surface area contributed by atoms with E-state index < -0.39 is 15.9 Å². The molecular weight excluding hydrogens is 458 g/mol. The van der Waals surface area contributed by atoms with E-state index >= 15 is 0 Å². The number of carbonyl (C=O) groups excluding carboxylic acids is 2. The molecule has 34 heavy (non-hydrogen) atoms. The predicted molar refractivity (Wildman–Crippen MR) is 128 cm³/mol. The Balaban J connectivity index is 1.54. The molecule has 0 saturated heterocycles. The summed E-state index contributed by atoms with van der Waals surface area (Å²) < 4.78 is 32.3. The van der Waals surface area contributed by atoms with Crippen molar-refractivity contribution in [2.75, 3.05) is 30.7 Å². The molecule has 0 radical (unpaired) electrons. The first-order valence-corrected chi connectivity index (χ1v) is 11.5. The Morgan fingerprint density at radius 3 is 2.44 bits per heavy atom. The van der Waals surface area contributed by atoms with Gasteiger partial charge in [0.1, 0.15) is 5.75 Å².